The minimum atomic E-state index is -0.658. The van der Waals surface area contributed by atoms with E-state index in [1.807, 2.05) is 0 Å². The van der Waals surface area contributed by atoms with E-state index in [4.69, 9.17) is 5.73 Å². The number of carbonyl (C=O) groups excluding carboxylic acids is 2. The molecular formula is C12H17N5O4. The van der Waals surface area contributed by atoms with Crippen LogP contribution in [-0.4, -0.2) is 35.3 Å². The Bertz CT molecular complexity index is 546. The molecule has 0 fully saturated rings. The number of carbonyl (C=O) groups is 2. The van der Waals surface area contributed by atoms with Gasteiger partial charge in [0.05, 0.1) is 4.92 Å². The van der Waals surface area contributed by atoms with Crippen molar-refractivity contribution in [1.82, 2.24) is 10.3 Å². The van der Waals surface area contributed by atoms with E-state index in [0.29, 0.717) is 25.2 Å². The van der Waals surface area contributed by atoms with Crippen LogP contribution in [0.5, 0.6) is 0 Å². The van der Waals surface area contributed by atoms with E-state index in [-0.39, 0.29) is 17.7 Å². The molecule has 0 aliphatic rings. The van der Waals surface area contributed by atoms with E-state index in [0.717, 1.165) is 6.20 Å². The van der Waals surface area contributed by atoms with Crippen LogP contribution in [0.2, 0.25) is 0 Å². The van der Waals surface area contributed by atoms with Crippen molar-refractivity contribution in [3.63, 3.8) is 0 Å². The molecule has 21 heavy (non-hydrogen) atoms. The maximum atomic E-state index is 12.0. The molecule has 0 aromatic carbocycles. The molecule has 0 aliphatic carbocycles. The Hall–Kier alpha value is -2.71. The molecule has 1 aromatic rings. The summed E-state index contributed by atoms with van der Waals surface area (Å²) in [5.41, 5.74) is 4.58. The Labute approximate surface area is 121 Å². The fourth-order valence-corrected chi connectivity index (χ4v) is 1.63. The van der Waals surface area contributed by atoms with E-state index in [2.05, 4.69) is 15.6 Å². The molecule has 114 valence electrons. The molecule has 9 nitrogen and oxygen atoms in total. The van der Waals surface area contributed by atoms with Gasteiger partial charge in [-0.1, -0.05) is 0 Å². The first-order valence-electron chi connectivity index (χ1n) is 6.34. The number of anilines is 1. The van der Waals surface area contributed by atoms with Gasteiger partial charge in [0.2, 0.25) is 5.91 Å². The molecule has 0 aliphatic heterocycles. The van der Waals surface area contributed by atoms with E-state index in [1.54, 1.807) is 7.05 Å². The second-order valence-corrected chi connectivity index (χ2v) is 4.27. The number of nitro groups is 1. The molecule has 0 saturated heterocycles. The second-order valence-electron chi connectivity index (χ2n) is 4.27. The molecule has 0 atom stereocenters. The summed E-state index contributed by atoms with van der Waals surface area (Å²) in [7, 11) is 1.60. The topological polar surface area (TPSA) is 140 Å². The zero-order valence-corrected chi connectivity index (χ0v) is 11.6. The SMILES string of the molecule is CNc1cc(C(=O)NCCCCC(N)=O)c([N+](=O)[O-])cn1. The Morgan fingerprint density at radius 2 is 2.14 bits per heavy atom. The number of nitrogens with two attached hydrogens (primary N) is 1. The molecule has 9 heteroatoms. The fourth-order valence-electron chi connectivity index (χ4n) is 1.63. The van der Waals surface area contributed by atoms with Gasteiger partial charge in [0.25, 0.3) is 11.6 Å². The van der Waals surface area contributed by atoms with Crippen LogP contribution < -0.4 is 16.4 Å². The average molecular weight is 295 g/mol. The summed E-state index contributed by atoms with van der Waals surface area (Å²) in [5, 5.41) is 16.2. The van der Waals surface area contributed by atoms with Gasteiger partial charge in [-0.2, -0.15) is 0 Å². The minimum Gasteiger partial charge on any atom is -0.373 e. The zero-order chi connectivity index (χ0) is 15.8. The van der Waals surface area contributed by atoms with Crippen LogP contribution in [0.4, 0.5) is 11.5 Å². The molecule has 4 N–H and O–H groups in total. The number of nitrogens with one attached hydrogen (secondary N) is 2. The van der Waals surface area contributed by atoms with Crippen molar-refractivity contribution in [3.05, 3.63) is 27.9 Å². The lowest BCUT2D eigenvalue weighted by molar-refractivity contribution is -0.385. The summed E-state index contributed by atoms with van der Waals surface area (Å²) < 4.78 is 0. The smallest absolute Gasteiger partial charge is 0.300 e. The molecule has 0 saturated carbocycles. The number of primary amides is 1. The van der Waals surface area contributed by atoms with Gasteiger partial charge in [-0.25, -0.2) is 4.98 Å². The molecule has 0 spiro atoms. The highest BCUT2D eigenvalue weighted by Crippen LogP contribution is 2.19. The van der Waals surface area contributed by atoms with Crippen molar-refractivity contribution in [2.24, 2.45) is 5.73 Å². The summed E-state index contributed by atoms with van der Waals surface area (Å²) in [5.74, 6) is -0.594. The van der Waals surface area contributed by atoms with Crippen molar-refractivity contribution < 1.29 is 14.5 Å². The number of amides is 2. The standard InChI is InChI=1S/C12H17N5O4/c1-14-11-6-8(9(7-16-11)17(20)21)12(19)15-5-3-2-4-10(13)18/h6-7H,2-5H2,1H3,(H2,13,18)(H,14,16)(H,15,19). The van der Waals surface area contributed by atoms with Gasteiger partial charge in [-0.05, 0) is 12.8 Å². The zero-order valence-electron chi connectivity index (χ0n) is 11.6. The maximum absolute atomic E-state index is 12.0. The largest absolute Gasteiger partial charge is 0.373 e. The first-order valence-corrected chi connectivity index (χ1v) is 6.34. The number of nitrogens with zero attached hydrogens (tertiary/aromatic N) is 2. The number of hydrogen-bond acceptors (Lipinski definition) is 6. The highest BCUT2D eigenvalue weighted by atomic mass is 16.6. The summed E-state index contributed by atoms with van der Waals surface area (Å²) in [4.78, 5) is 36.6. The summed E-state index contributed by atoms with van der Waals surface area (Å²) in [6.07, 6.45) is 2.39. The summed E-state index contributed by atoms with van der Waals surface area (Å²) >= 11 is 0. The Balaban J connectivity index is 2.67. The lowest BCUT2D eigenvalue weighted by atomic mass is 10.2. The third kappa shape index (κ3) is 5.05. The Morgan fingerprint density at radius 3 is 2.71 bits per heavy atom. The Morgan fingerprint density at radius 1 is 1.43 bits per heavy atom. The molecule has 1 rings (SSSR count). The number of hydrogen-bond donors (Lipinski definition) is 3. The summed E-state index contributed by atoms with van der Waals surface area (Å²) in [6.45, 7) is 0.306. The maximum Gasteiger partial charge on any atom is 0.300 e. The van der Waals surface area contributed by atoms with Gasteiger partial charge >= 0.3 is 0 Å². The second kappa shape index (κ2) is 7.78. The van der Waals surface area contributed by atoms with Crippen LogP contribution in [0.1, 0.15) is 29.6 Å². The van der Waals surface area contributed by atoms with Crippen molar-refractivity contribution in [1.29, 1.82) is 0 Å². The van der Waals surface area contributed by atoms with Crippen LogP contribution >= 0.6 is 0 Å². The molecule has 1 heterocycles. The van der Waals surface area contributed by atoms with Crippen molar-refractivity contribution in [3.8, 4) is 0 Å². The van der Waals surface area contributed by atoms with Gasteiger partial charge in [-0.15, -0.1) is 0 Å². The van der Waals surface area contributed by atoms with Crippen molar-refractivity contribution in [2.45, 2.75) is 19.3 Å². The van der Waals surface area contributed by atoms with Crippen molar-refractivity contribution in [2.75, 3.05) is 18.9 Å². The molecule has 2 amide bonds. The molecule has 0 unspecified atom stereocenters. The number of unbranched alkanes of at least 4 members (excludes halogenated alkanes) is 1. The third-order valence-electron chi connectivity index (χ3n) is 2.72. The lowest BCUT2D eigenvalue weighted by Crippen LogP contribution is -2.25. The number of aromatic nitrogens is 1. The quantitative estimate of drug-likeness (QED) is 0.360. The van der Waals surface area contributed by atoms with Crippen LogP contribution in [0, 0.1) is 10.1 Å². The first kappa shape index (κ1) is 16.3. The predicted molar refractivity (Wildman–Crippen MR) is 75.8 cm³/mol. The minimum absolute atomic E-state index is 0.0609. The van der Waals surface area contributed by atoms with Crippen LogP contribution in [0.15, 0.2) is 12.3 Å². The monoisotopic (exact) mass is 295 g/mol. The van der Waals surface area contributed by atoms with Crippen LogP contribution in [0.3, 0.4) is 0 Å². The Kier molecular flexibility index (Phi) is 6.05. The van der Waals surface area contributed by atoms with Gasteiger partial charge in [0.1, 0.15) is 17.6 Å². The van der Waals surface area contributed by atoms with E-state index < -0.39 is 16.7 Å². The molecule has 0 bridgehead atoms. The highest BCUT2D eigenvalue weighted by Gasteiger charge is 2.21. The first-order chi connectivity index (χ1) is 9.95. The fraction of sp³-hybridized carbons (Fsp3) is 0.417. The van der Waals surface area contributed by atoms with E-state index in [9.17, 15) is 19.7 Å². The van der Waals surface area contributed by atoms with E-state index >= 15 is 0 Å². The highest BCUT2D eigenvalue weighted by molar-refractivity contribution is 5.98. The number of rotatable bonds is 8. The van der Waals surface area contributed by atoms with Gasteiger partial charge in [0, 0.05) is 26.1 Å². The van der Waals surface area contributed by atoms with Gasteiger partial charge in [0.15, 0.2) is 0 Å². The third-order valence-corrected chi connectivity index (χ3v) is 2.72. The average Bonchev–Trinajstić information content (AvgIpc) is 2.45. The van der Waals surface area contributed by atoms with Crippen LogP contribution in [0.25, 0.3) is 0 Å². The van der Waals surface area contributed by atoms with Crippen LogP contribution in [-0.2, 0) is 4.79 Å². The van der Waals surface area contributed by atoms with E-state index in [1.165, 1.54) is 6.07 Å². The van der Waals surface area contributed by atoms with Crippen molar-refractivity contribution >= 4 is 23.3 Å². The predicted octanol–water partition coefficient (Wildman–Crippen LogP) is 0.417. The number of pyridine rings is 1. The normalized spacial score (nSPS) is 9.95. The molecule has 1 aromatic heterocycles. The lowest BCUT2D eigenvalue weighted by Gasteiger charge is -2.07. The van der Waals surface area contributed by atoms with Gasteiger partial charge < -0.3 is 16.4 Å². The van der Waals surface area contributed by atoms with Gasteiger partial charge in [-0.3, -0.25) is 19.7 Å². The summed E-state index contributed by atoms with van der Waals surface area (Å²) in [6, 6.07) is 1.32. The molecule has 0 radical (unpaired) electrons. The molecular weight excluding hydrogens is 278 g/mol.